The van der Waals surface area contributed by atoms with Gasteiger partial charge in [0.15, 0.2) is 0 Å². The van der Waals surface area contributed by atoms with Crippen LogP contribution < -0.4 is 5.73 Å². The topological polar surface area (TPSA) is 66.6 Å². The molecule has 1 aromatic heterocycles. The fourth-order valence-electron chi connectivity index (χ4n) is 2.49. The molecule has 2 unspecified atom stereocenters. The molecule has 1 aliphatic rings. The molecule has 1 aliphatic heterocycles. The maximum absolute atomic E-state index is 11.9. The third-order valence-corrected chi connectivity index (χ3v) is 4.39. The minimum Gasteiger partial charge on any atom is -0.387 e. The third kappa shape index (κ3) is 2.91. The van der Waals surface area contributed by atoms with E-state index < -0.39 is 12.1 Å². The molecule has 0 aromatic carbocycles. The molecule has 18 heavy (non-hydrogen) atoms. The summed E-state index contributed by atoms with van der Waals surface area (Å²) in [6, 6.07) is 3.54. The minimum atomic E-state index is -0.475. The highest BCUT2D eigenvalue weighted by atomic mass is 32.1. The Bertz CT molecular complexity index is 392. The summed E-state index contributed by atoms with van der Waals surface area (Å²) in [4.78, 5) is 14.7. The smallest absolute Gasteiger partial charge is 0.239 e. The van der Waals surface area contributed by atoms with E-state index in [1.807, 2.05) is 22.4 Å². The summed E-state index contributed by atoms with van der Waals surface area (Å²) in [5.74, 6) is -0.00382. The summed E-state index contributed by atoms with van der Waals surface area (Å²) in [5.41, 5.74) is 5.65. The van der Waals surface area contributed by atoms with Crippen LogP contribution in [-0.4, -0.2) is 34.5 Å². The number of aliphatic hydroxyl groups is 1. The highest BCUT2D eigenvalue weighted by molar-refractivity contribution is 7.10. The maximum atomic E-state index is 11.9. The monoisotopic (exact) mass is 268 g/mol. The fraction of sp³-hybridized carbons (Fsp3) is 0.615. The molecular formula is C13H20N2O2S. The second-order valence-electron chi connectivity index (χ2n) is 4.88. The Morgan fingerprint density at radius 3 is 3.11 bits per heavy atom. The van der Waals surface area contributed by atoms with Gasteiger partial charge in [0.25, 0.3) is 0 Å². The first-order valence-corrected chi connectivity index (χ1v) is 7.25. The van der Waals surface area contributed by atoms with Crippen LogP contribution in [-0.2, 0) is 4.79 Å². The summed E-state index contributed by atoms with van der Waals surface area (Å²) in [6.45, 7) is 2.48. The van der Waals surface area contributed by atoms with Crippen LogP contribution in [0, 0.1) is 0 Å². The Morgan fingerprint density at radius 2 is 2.50 bits per heavy atom. The van der Waals surface area contributed by atoms with E-state index in [1.165, 1.54) is 0 Å². The molecule has 1 fully saturated rings. The second kappa shape index (κ2) is 5.82. The van der Waals surface area contributed by atoms with Crippen LogP contribution in [0.1, 0.15) is 37.2 Å². The Kier molecular flexibility index (Phi) is 4.37. The zero-order chi connectivity index (χ0) is 13.1. The van der Waals surface area contributed by atoms with Crippen molar-refractivity contribution in [1.29, 1.82) is 0 Å². The lowest BCUT2D eigenvalue weighted by atomic mass is 10.1. The number of carbonyl (C=O) groups excluding carboxylic acids is 1. The van der Waals surface area contributed by atoms with E-state index >= 15 is 0 Å². The quantitative estimate of drug-likeness (QED) is 0.870. The van der Waals surface area contributed by atoms with Gasteiger partial charge in [-0.15, -0.1) is 11.3 Å². The first kappa shape index (κ1) is 13.5. The van der Waals surface area contributed by atoms with E-state index in [-0.39, 0.29) is 11.9 Å². The summed E-state index contributed by atoms with van der Waals surface area (Å²) >= 11 is 1.55. The number of nitrogens with zero attached hydrogens (tertiary/aromatic N) is 1. The number of rotatable bonds is 4. The summed E-state index contributed by atoms with van der Waals surface area (Å²) in [5, 5.41) is 12.1. The molecular weight excluding hydrogens is 248 g/mol. The van der Waals surface area contributed by atoms with Gasteiger partial charge in [0.1, 0.15) is 0 Å². The van der Waals surface area contributed by atoms with Gasteiger partial charge in [0.05, 0.1) is 12.1 Å². The summed E-state index contributed by atoms with van der Waals surface area (Å²) in [7, 11) is 0. The molecule has 4 nitrogen and oxygen atoms in total. The standard InChI is InChI=1S/C13H20N2O2S/c1-9(14)13(17)15-6-2-4-10(15)8-11(16)12-5-3-7-18-12/h3,5,7,9-11,16H,2,4,6,8,14H2,1H3/t9-,10?,11?/m0/s1. The van der Waals surface area contributed by atoms with Gasteiger partial charge in [-0.25, -0.2) is 0 Å². The van der Waals surface area contributed by atoms with Crippen LogP contribution >= 0.6 is 11.3 Å². The molecule has 0 aliphatic carbocycles. The fourth-order valence-corrected chi connectivity index (χ4v) is 3.21. The lowest BCUT2D eigenvalue weighted by Gasteiger charge is -2.27. The first-order chi connectivity index (χ1) is 8.59. The van der Waals surface area contributed by atoms with Crippen molar-refractivity contribution >= 4 is 17.2 Å². The zero-order valence-corrected chi connectivity index (χ0v) is 11.4. The number of amides is 1. The maximum Gasteiger partial charge on any atom is 0.239 e. The van der Waals surface area contributed by atoms with Crippen molar-refractivity contribution in [2.75, 3.05) is 6.54 Å². The predicted octanol–water partition coefficient (Wildman–Crippen LogP) is 1.51. The Hall–Kier alpha value is -0.910. The number of aliphatic hydroxyl groups excluding tert-OH is 1. The Labute approximate surface area is 111 Å². The summed E-state index contributed by atoms with van der Waals surface area (Å²) < 4.78 is 0. The molecule has 100 valence electrons. The number of thiophene rings is 1. The average molecular weight is 268 g/mol. The van der Waals surface area contributed by atoms with Crippen LogP contribution in [0.4, 0.5) is 0 Å². The Morgan fingerprint density at radius 1 is 1.72 bits per heavy atom. The summed E-state index contributed by atoms with van der Waals surface area (Å²) in [6.07, 6.45) is 2.09. The SMILES string of the molecule is C[C@H](N)C(=O)N1CCCC1CC(O)c1cccs1. The third-order valence-electron chi connectivity index (χ3n) is 3.42. The average Bonchev–Trinajstić information content (AvgIpc) is 2.98. The van der Waals surface area contributed by atoms with E-state index in [2.05, 4.69) is 0 Å². The van der Waals surface area contributed by atoms with Crippen molar-refractivity contribution in [3.05, 3.63) is 22.4 Å². The minimum absolute atomic E-state index is 0.00382. The molecule has 0 radical (unpaired) electrons. The normalized spacial score (nSPS) is 23.1. The van der Waals surface area contributed by atoms with Gasteiger partial charge < -0.3 is 15.7 Å². The van der Waals surface area contributed by atoms with Crippen LogP contribution in [0.5, 0.6) is 0 Å². The van der Waals surface area contributed by atoms with Crippen molar-refractivity contribution in [3.8, 4) is 0 Å². The largest absolute Gasteiger partial charge is 0.387 e. The van der Waals surface area contributed by atoms with Crippen LogP contribution in [0.15, 0.2) is 17.5 Å². The van der Waals surface area contributed by atoms with Crippen LogP contribution in [0.3, 0.4) is 0 Å². The first-order valence-electron chi connectivity index (χ1n) is 6.37. The van der Waals surface area contributed by atoms with Gasteiger partial charge in [0.2, 0.25) is 5.91 Å². The molecule has 0 saturated carbocycles. The molecule has 3 N–H and O–H groups in total. The lowest BCUT2D eigenvalue weighted by Crippen LogP contribution is -2.44. The second-order valence-corrected chi connectivity index (χ2v) is 5.86. The number of likely N-dealkylation sites (tertiary alicyclic amines) is 1. The molecule has 2 rings (SSSR count). The van der Waals surface area contributed by atoms with Crippen molar-refractivity contribution in [1.82, 2.24) is 4.90 Å². The highest BCUT2D eigenvalue weighted by Gasteiger charge is 2.31. The molecule has 2 heterocycles. The molecule has 0 bridgehead atoms. The van der Waals surface area contributed by atoms with Gasteiger partial charge in [-0.05, 0) is 37.6 Å². The molecule has 0 spiro atoms. The van der Waals surface area contributed by atoms with Crippen molar-refractivity contribution in [2.45, 2.75) is 44.4 Å². The Balaban J connectivity index is 1.98. The highest BCUT2D eigenvalue weighted by Crippen LogP contribution is 2.29. The van der Waals surface area contributed by atoms with Crippen molar-refractivity contribution in [2.24, 2.45) is 5.73 Å². The number of nitrogens with two attached hydrogens (primary N) is 1. The molecule has 1 amide bonds. The number of carbonyl (C=O) groups is 1. The van der Waals surface area contributed by atoms with Crippen molar-refractivity contribution in [3.63, 3.8) is 0 Å². The molecule has 1 aromatic rings. The van der Waals surface area contributed by atoms with E-state index in [1.54, 1.807) is 18.3 Å². The van der Waals surface area contributed by atoms with E-state index in [9.17, 15) is 9.90 Å². The van der Waals surface area contributed by atoms with E-state index in [0.717, 1.165) is 24.3 Å². The number of hydrogen-bond acceptors (Lipinski definition) is 4. The molecule has 1 saturated heterocycles. The van der Waals surface area contributed by atoms with Gasteiger partial charge in [-0.3, -0.25) is 4.79 Å². The van der Waals surface area contributed by atoms with E-state index in [0.29, 0.717) is 6.42 Å². The van der Waals surface area contributed by atoms with Gasteiger partial charge in [-0.1, -0.05) is 6.07 Å². The number of hydrogen-bond donors (Lipinski definition) is 2. The zero-order valence-electron chi connectivity index (χ0n) is 10.6. The van der Waals surface area contributed by atoms with Gasteiger partial charge in [-0.2, -0.15) is 0 Å². The molecule has 5 heteroatoms. The van der Waals surface area contributed by atoms with Crippen LogP contribution in [0.2, 0.25) is 0 Å². The van der Waals surface area contributed by atoms with Crippen molar-refractivity contribution < 1.29 is 9.90 Å². The van der Waals surface area contributed by atoms with E-state index in [4.69, 9.17) is 5.73 Å². The van der Waals surface area contributed by atoms with Gasteiger partial charge >= 0.3 is 0 Å². The van der Waals surface area contributed by atoms with Crippen LogP contribution in [0.25, 0.3) is 0 Å². The predicted molar refractivity (Wildman–Crippen MR) is 72.3 cm³/mol. The van der Waals surface area contributed by atoms with Gasteiger partial charge in [0, 0.05) is 17.5 Å². The molecule has 3 atom stereocenters. The lowest BCUT2D eigenvalue weighted by molar-refractivity contribution is -0.133.